The van der Waals surface area contributed by atoms with Crippen molar-refractivity contribution in [1.29, 1.82) is 0 Å². The minimum atomic E-state index is -4.41. The van der Waals surface area contributed by atoms with Crippen LogP contribution < -0.4 is 5.32 Å². The third kappa shape index (κ3) is 5.95. The number of hydrogen-bond donors (Lipinski definition) is 1. The molecule has 31 heavy (non-hydrogen) atoms. The van der Waals surface area contributed by atoms with E-state index in [4.69, 9.17) is 4.42 Å². The van der Waals surface area contributed by atoms with Crippen LogP contribution in [0.2, 0.25) is 0 Å². The largest absolute Gasteiger partial charge is 0.447 e. The van der Waals surface area contributed by atoms with Gasteiger partial charge in [-0.3, -0.25) is 9.69 Å². The second-order valence-electron chi connectivity index (χ2n) is 7.18. The van der Waals surface area contributed by atoms with Crippen LogP contribution >= 0.6 is 0 Å². The lowest BCUT2D eigenvalue weighted by atomic mass is 10.0. The van der Waals surface area contributed by atoms with Gasteiger partial charge in [0.25, 0.3) is 5.91 Å². The first kappa shape index (κ1) is 22.6. The lowest BCUT2D eigenvalue weighted by molar-refractivity contribution is -0.137. The summed E-state index contributed by atoms with van der Waals surface area (Å²) >= 11 is 0. The van der Waals surface area contributed by atoms with E-state index in [0.717, 1.165) is 17.7 Å². The van der Waals surface area contributed by atoms with Gasteiger partial charge in [-0.15, -0.1) is 0 Å². The number of halogens is 3. The van der Waals surface area contributed by atoms with Gasteiger partial charge in [0, 0.05) is 19.1 Å². The number of oxazole rings is 1. The van der Waals surface area contributed by atoms with Crippen molar-refractivity contribution in [2.75, 3.05) is 6.54 Å². The number of nitrogens with zero attached hydrogens (tertiary/aromatic N) is 2. The van der Waals surface area contributed by atoms with Crippen LogP contribution in [-0.4, -0.2) is 22.3 Å². The fraction of sp³-hybridized carbons (Fsp3) is 0.304. The van der Waals surface area contributed by atoms with Gasteiger partial charge >= 0.3 is 6.18 Å². The molecule has 0 aliphatic rings. The molecule has 3 rings (SSSR count). The minimum absolute atomic E-state index is 0.129. The van der Waals surface area contributed by atoms with Crippen LogP contribution in [0.4, 0.5) is 13.2 Å². The SMILES string of the molecule is CCNC(=O)c1coc(CN(Cc2cccc(C(F)(F)F)c2)[C@@H](C)c2ccccc2)n1. The maximum atomic E-state index is 13.1. The Bertz CT molecular complexity index is 1000. The smallest absolute Gasteiger partial charge is 0.416 e. The first-order valence-corrected chi connectivity index (χ1v) is 9.95. The zero-order chi connectivity index (χ0) is 22.4. The van der Waals surface area contributed by atoms with Gasteiger partial charge in [-0.25, -0.2) is 4.98 Å². The summed E-state index contributed by atoms with van der Waals surface area (Å²) in [6, 6.07) is 14.8. The highest BCUT2D eigenvalue weighted by molar-refractivity contribution is 5.91. The first-order valence-electron chi connectivity index (χ1n) is 9.95. The van der Waals surface area contributed by atoms with Crippen LogP contribution in [0, 0.1) is 0 Å². The second-order valence-corrected chi connectivity index (χ2v) is 7.18. The summed E-state index contributed by atoms with van der Waals surface area (Å²) in [7, 11) is 0. The van der Waals surface area contributed by atoms with Gasteiger partial charge in [0.2, 0.25) is 5.89 Å². The number of nitrogens with one attached hydrogen (secondary N) is 1. The summed E-state index contributed by atoms with van der Waals surface area (Å²) in [5.74, 6) is -0.0194. The molecule has 2 aromatic carbocycles. The predicted octanol–water partition coefficient (Wildman–Crippen LogP) is 5.21. The van der Waals surface area contributed by atoms with Gasteiger partial charge in [-0.1, -0.05) is 48.5 Å². The predicted molar refractivity (Wildman–Crippen MR) is 110 cm³/mol. The molecule has 1 atom stereocenters. The molecule has 0 spiro atoms. The number of benzene rings is 2. The average Bonchev–Trinajstić information content (AvgIpc) is 3.22. The standard InChI is InChI=1S/C23H24F3N3O2/c1-3-27-22(30)20-15-31-21(28-20)14-29(16(2)18-9-5-4-6-10-18)13-17-8-7-11-19(12-17)23(24,25)26/h4-12,15-16H,3,13-14H2,1-2H3,(H,27,30)/t16-/m0/s1. The molecule has 0 aliphatic heterocycles. The first-order chi connectivity index (χ1) is 14.8. The van der Waals surface area contributed by atoms with Crippen molar-refractivity contribution in [2.45, 2.75) is 39.2 Å². The lowest BCUT2D eigenvalue weighted by Crippen LogP contribution is -2.27. The molecule has 164 valence electrons. The summed E-state index contributed by atoms with van der Waals surface area (Å²) in [4.78, 5) is 18.2. The summed E-state index contributed by atoms with van der Waals surface area (Å²) in [5.41, 5.74) is 1.01. The number of rotatable bonds is 8. The Hall–Kier alpha value is -3.13. The van der Waals surface area contributed by atoms with Crippen molar-refractivity contribution in [3.05, 3.63) is 89.1 Å². The molecule has 0 unspecified atom stereocenters. The number of carbonyl (C=O) groups excluding carboxylic acids is 1. The highest BCUT2D eigenvalue weighted by atomic mass is 19.4. The van der Waals surface area contributed by atoms with E-state index >= 15 is 0 Å². The molecule has 5 nitrogen and oxygen atoms in total. The highest BCUT2D eigenvalue weighted by Gasteiger charge is 2.30. The average molecular weight is 431 g/mol. The fourth-order valence-corrected chi connectivity index (χ4v) is 3.27. The van der Waals surface area contributed by atoms with Crippen molar-refractivity contribution in [3.63, 3.8) is 0 Å². The van der Waals surface area contributed by atoms with Crippen molar-refractivity contribution in [2.24, 2.45) is 0 Å². The molecule has 0 aliphatic carbocycles. The molecule has 1 heterocycles. The van der Waals surface area contributed by atoms with Crippen molar-refractivity contribution in [1.82, 2.24) is 15.2 Å². The molecule has 0 saturated carbocycles. The molecule has 1 amide bonds. The molecule has 3 aromatic rings. The summed E-state index contributed by atoms with van der Waals surface area (Å²) in [6.45, 7) is 4.71. The van der Waals surface area contributed by atoms with Crippen LogP contribution in [0.3, 0.4) is 0 Å². The molecular weight excluding hydrogens is 407 g/mol. The third-order valence-corrected chi connectivity index (χ3v) is 4.93. The van der Waals surface area contributed by atoms with Crippen molar-refractivity contribution < 1.29 is 22.4 Å². The summed E-state index contributed by atoms with van der Waals surface area (Å²) < 4.78 is 44.9. The Labute approximate surface area is 178 Å². The van der Waals surface area contributed by atoms with E-state index in [0.29, 0.717) is 18.0 Å². The minimum Gasteiger partial charge on any atom is -0.447 e. The van der Waals surface area contributed by atoms with Gasteiger partial charge in [0.05, 0.1) is 12.1 Å². The number of amides is 1. The van der Waals surface area contributed by atoms with Crippen LogP contribution in [0.15, 0.2) is 65.3 Å². The monoisotopic (exact) mass is 431 g/mol. The molecular formula is C23H24F3N3O2. The summed E-state index contributed by atoms with van der Waals surface area (Å²) in [6.07, 6.45) is -3.12. The molecule has 1 N–H and O–H groups in total. The van der Waals surface area contributed by atoms with E-state index in [9.17, 15) is 18.0 Å². The zero-order valence-corrected chi connectivity index (χ0v) is 17.3. The third-order valence-electron chi connectivity index (χ3n) is 4.93. The molecule has 1 aromatic heterocycles. The van der Waals surface area contributed by atoms with E-state index in [1.807, 2.05) is 42.2 Å². The van der Waals surface area contributed by atoms with Crippen LogP contribution in [0.25, 0.3) is 0 Å². The van der Waals surface area contributed by atoms with Gasteiger partial charge in [0.1, 0.15) is 6.26 Å². The number of carbonyl (C=O) groups is 1. The molecule has 0 radical (unpaired) electrons. The number of alkyl halides is 3. The highest BCUT2D eigenvalue weighted by Crippen LogP contribution is 2.31. The lowest BCUT2D eigenvalue weighted by Gasteiger charge is -2.28. The number of hydrogen-bond acceptors (Lipinski definition) is 4. The maximum absolute atomic E-state index is 13.1. The maximum Gasteiger partial charge on any atom is 0.416 e. The Balaban J connectivity index is 1.86. The summed E-state index contributed by atoms with van der Waals surface area (Å²) in [5, 5.41) is 2.66. The molecule has 8 heteroatoms. The molecule has 0 bridgehead atoms. The van der Waals surface area contributed by atoms with Crippen LogP contribution in [0.1, 0.15) is 53.0 Å². The van der Waals surface area contributed by atoms with E-state index in [1.54, 1.807) is 13.0 Å². The van der Waals surface area contributed by atoms with Crippen molar-refractivity contribution >= 4 is 5.91 Å². The molecule has 0 saturated heterocycles. The quantitative estimate of drug-likeness (QED) is 0.532. The normalized spacial score (nSPS) is 12.7. The van der Waals surface area contributed by atoms with Gasteiger partial charge in [0.15, 0.2) is 5.69 Å². The Morgan fingerprint density at radius 1 is 1.13 bits per heavy atom. The van der Waals surface area contributed by atoms with Crippen LogP contribution in [0.5, 0.6) is 0 Å². The van der Waals surface area contributed by atoms with E-state index in [2.05, 4.69) is 10.3 Å². The fourth-order valence-electron chi connectivity index (χ4n) is 3.27. The molecule has 0 fully saturated rings. The van der Waals surface area contributed by atoms with Gasteiger partial charge < -0.3 is 9.73 Å². The second kappa shape index (κ2) is 9.78. The number of aromatic nitrogens is 1. The van der Waals surface area contributed by atoms with E-state index in [-0.39, 0.29) is 30.7 Å². The van der Waals surface area contributed by atoms with Gasteiger partial charge in [-0.2, -0.15) is 13.2 Å². The Kier molecular flexibility index (Phi) is 7.12. The van der Waals surface area contributed by atoms with Crippen LogP contribution in [-0.2, 0) is 19.3 Å². The van der Waals surface area contributed by atoms with E-state index in [1.165, 1.54) is 12.3 Å². The van der Waals surface area contributed by atoms with Gasteiger partial charge in [-0.05, 0) is 31.0 Å². The topological polar surface area (TPSA) is 58.4 Å². The Morgan fingerprint density at radius 3 is 2.55 bits per heavy atom. The van der Waals surface area contributed by atoms with E-state index < -0.39 is 11.7 Å². The zero-order valence-electron chi connectivity index (χ0n) is 17.3. The Morgan fingerprint density at radius 2 is 1.87 bits per heavy atom. The van der Waals surface area contributed by atoms with Crippen molar-refractivity contribution in [3.8, 4) is 0 Å².